The van der Waals surface area contributed by atoms with Crippen molar-refractivity contribution in [3.05, 3.63) is 23.0 Å². The van der Waals surface area contributed by atoms with E-state index in [4.69, 9.17) is 9.15 Å². The minimum atomic E-state index is -0.126. The fraction of sp³-hybridized carbons (Fsp3) is 0.706. The third kappa shape index (κ3) is 3.05. The van der Waals surface area contributed by atoms with Gasteiger partial charge in [0.15, 0.2) is 0 Å². The van der Waals surface area contributed by atoms with Gasteiger partial charge in [0.25, 0.3) is 0 Å². The first-order chi connectivity index (χ1) is 11.3. The summed E-state index contributed by atoms with van der Waals surface area (Å²) in [6.07, 6.45) is 2.23. The highest BCUT2D eigenvalue weighted by Crippen LogP contribution is 2.39. The third-order valence-electron chi connectivity index (χ3n) is 4.55. The molecule has 0 spiro atoms. The van der Waals surface area contributed by atoms with E-state index in [1.807, 2.05) is 18.7 Å². The molecule has 0 saturated carbocycles. The highest BCUT2D eigenvalue weighted by Gasteiger charge is 2.33. The smallest absolute Gasteiger partial charge is 0.230 e. The molecule has 0 N–H and O–H groups in total. The van der Waals surface area contributed by atoms with Crippen LogP contribution in [0.15, 0.2) is 4.42 Å². The van der Waals surface area contributed by atoms with Gasteiger partial charge >= 0.3 is 0 Å². The Balaban J connectivity index is 1.83. The van der Waals surface area contributed by atoms with Crippen LogP contribution in [0.2, 0.25) is 0 Å². The number of hydrogen-bond donors (Lipinski definition) is 0. The number of aromatic nitrogens is 4. The molecule has 1 saturated heterocycles. The Morgan fingerprint density at radius 2 is 2.04 bits per heavy atom. The van der Waals surface area contributed by atoms with E-state index in [0.29, 0.717) is 18.3 Å². The molecular weight excluding hydrogens is 306 g/mol. The van der Waals surface area contributed by atoms with Crippen LogP contribution in [0.1, 0.15) is 62.7 Å². The molecule has 1 atom stereocenters. The number of hydrogen-bond acceptors (Lipinski definition) is 6. The summed E-state index contributed by atoms with van der Waals surface area (Å²) in [5.74, 6) is 2.20. The second kappa shape index (κ2) is 6.20. The lowest BCUT2D eigenvalue weighted by Crippen LogP contribution is -2.23. The Labute approximate surface area is 143 Å². The van der Waals surface area contributed by atoms with Crippen molar-refractivity contribution in [3.8, 4) is 5.88 Å². The second-order valence-electron chi connectivity index (χ2n) is 7.51. The van der Waals surface area contributed by atoms with Crippen LogP contribution in [-0.4, -0.2) is 38.5 Å². The topological polar surface area (TPSA) is 69.2 Å². The molecule has 0 aromatic carbocycles. The van der Waals surface area contributed by atoms with Gasteiger partial charge in [0.05, 0.1) is 24.9 Å². The molecule has 132 valence electrons. The van der Waals surface area contributed by atoms with Crippen molar-refractivity contribution in [1.29, 1.82) is 0 Å². The van der Waals surface area contributed by atoms with Gasteiger partial charge < -0.3 is 9.15 Å². The fourth-order valence-corrected chi connectivity index (χ4v) is 3.42. The summed E-state index contributed by atoms with van der Waals surface area (Å²) in [4.78, 5) is 2.38. The highest BCUT2D eigenvalue weighted by atomic mass is 16.5. The van der Waals surface area contributed by atoms with E-state index >= 15 is 0 Å². The van der Waals surface area contributed by atoms with Gasteiger partial charge in [-0.05, 0) is 26.3 Å². The minimum absolute atomic E-state index is 0.126. The SMILES string of the molecule is COc1c(C2CCCN2Cc2nnc(C(C)(C)C)o2)c(C)nn1C. The van der Waals surface area contributed by atoms with E-state index in [1.165, 1.54) is 5.56 Å². The van der Waals surface area contributed by atoms with Crippen molar-refractivity contribution >= 4 is 0 Å². The summed E-state index contributed by atoms with van der Waals surface area (Å²) in [5, 5.41) is 13.0. The number of methoxy groups -OCH3 is 1. The van der Waals surface area contributed by atoms with Crippen LogP contribution in [0.3, 0.4) is 0 Å². The van der Waals surface area contributed by atoms with Crippen molar-refractivity contribution in [2.24, 2.45) is 7.05 Å². The molecular formula is C17H27N5O2. The molecule has 0 radical (unpaired) electrons. The maximum absolute atomic E-state index is 5.87. The standard InChI is InChI=1S/C17H27N5O2/c1-11-14(15(23-6)21(5)20-11)12-8-7-9-22(12)10-13-18-19-16(24-13)17(2,3)4/h12H,7-10H2,1-6H3. The minimum Gasteiger partial charge on any atom is -0.481 e. The van der Waals surface area contributed by atoms with Gasteiger partial charge in [-0.2, -0.15) is 5.10 Å². The Bertz CT molecular complexity index is 713. The van der Waals surface area contributed by atoms with Gasteiger partial charge in [0.1, 0.15) is 0 Å². The first kappa shape index (κ1) is 17.0. The molecule has 2 aromatic rings. The van der Waals surface area contributed by atoms with Gasteiger partial charge in [-0.3, -0.25) is 4.90 Å². The van der Waals surface area contributed by atoms with Crippen LogP contribution in [-0.2, 0) is 19.0 Å². The first-order valence-corrected chi connectivity index (χ1v) is 8.45. The number of rotatable bonds is 4. The Hall–Kier alpha value is -1.89. The average molecular weight is 333 g/mol. The van der Waals surface area contributed by atoms with E-state index in [-0.39, 0.29) is 11.5 Å². The van der Waals surface area contributed by atoms with Crippen LogP contribution < -0.4 is 4.74 Å². The van der Waals surface area contributed by atoms with Gasteiger partial charge in [0, 0.05) is 18.5 Å². The second-order valence-corrected chi connectivity index (χ2v) is 7.51. The quantitative estimate of drug-likeness (QED) is 0.857. The lowest BCUT2D eigenvalue weighted by Gasteiger charge is -2.23. The molecule has 1 aliphatic heterocycles. The van der Waals surface area contributed by atoms with E-state index < -0.39 is 0 Å². The van der Waals surface area contributed by atoms with Crippen LogP contribution in [0.25, 0.3) is 0 Å². The third-order valence-corrected chi connectivity index (χ3v) is 4.55. The highest BCUT2D eigenvalue weighted by molar-refractivity contribution is 5.35. The molecule has 0 amide bonds. The lowest BCUT2D eigenvalue weighted by atomic mass is 9.97. The van der Waals surface area contributed by atoms with Gasteiger partial charge in [-0.25, -0.2) is 4.68 Å². The Morgan fingerprint density at radius 1 is 1.29 bits per heavy atom. The predicted octanol–water partition coefficient (Wildman–Crippen LogP) is 2.75. The van der Waals surface area contributed by atoms with E-state index in [2.05, 4.69) is 41.0 Å². The first-order valence-electron chi connectivity index (χ1n) is 8.45. The van der Waals surface area contributed by atoms with Gasteiger partial charge in [0.2, 0.25) is 17.7 Å². The number of likely N-dealkylation sites (tertiary alicyclic amines) is 1. The molecule has 3 heterocycles. The van der Waals surface area contributed by atoms with E-state index in [0.717, 1.165) is 31.0 Å². The summed E-state index contributed by atoms with van der Waals surface area (Å²) < 4.78 is 13.3. The van der Waals surface area contributed by atoms with Crippen LogP contribution in [0.5, 0.6) is 5.88 Å². The molecule has 2 aromatic heterocycles. The lowest BCUT2D eigenvalue weighted by molar-refractivity contribution is 0.213. The molecule has 1 fully saturated rings. The number of aryl methyl sites for hydroxylation is 2. The Kier molecular flexibility index (Phi) is 4.38. The van der Waals surface area contributed by atoms with Crippen LogP contribution >= 0.6 is 0 Å². The molecule has 0 bridgehead atoms. The zero-order valence-corrected chi connectivity index (χ0v) is 15.5. The summed E-state index contributed by atoms with van der Waals surface area (Å²) in [7, 11) is 3.62. The van der Waals surface area contributed by atoms with Crippen LogP contribution in [0.4, 0.5) is 0 Å². The van der Waals surface area contributed by atoms with Crippen LogP contribution in [0, 0.1) is 6.92 Å². The Morgan fingerprint density at radius 3 is 2.67 bits per heavy atom. The summed E-state index contributed by atoms with van der Waals surface area (Å²) >= 11 is 0. The molecule has 7 heteroatoms. The maximum atomic E-state index is 5.87. The summed E-state index contributed by atoms with van der Waals surface area (Å²) in [6.45, 7) is 9.94. The van der Waals surface area contributed by atoms with Gasteiger partial charge in [-0.15, -0.1) is 10.2 Å². The molecule has 0 aliphatic carbocycles. The summed E-state index contributed by atoms with van der Waals surface area (Å²) in [5.41, 5.74) is 2.07. The van der Waals surface area contributed by atoms with Gasteiger partial charge in [-0.1, -0.05) is 20.8 Å². The predicted molar refractivity (Wildman–Crippen MR) is 89.9 cm³/mol. The molecule has 1 unspecified atom stereocenters. The number of nitrogens with zero attached hydrogens (tertiary/aromatic N) is 5. The zero-order valence-electron chi connectivity index (χ0n) is 15.5. The molecule has 7 nitrogen and oxygen atoms in total. The normalized spacial score (nSPS) is 19.2. The van der Waals surface area contributed by atoms with Crippen molar-refractivity contribution in [3.63, 3.8) is 0 Å². The zero-order chi connectivity index (χ0) is 17.5. The van der Waals surface area contributed by atoms with E-state index in [9.17, 15) is 0 Å². The van der Waals surface area contributed by atoms with Crippen molar-refractivity contribution in [2.75, 3.05) is 13.7 Å². The maximum Gasteiger partial charge on any atom is 0.230 e. The molecule has 3 rings (SSSR count). The molecule has 1 aliphatic rings. The average Bonchev–Trinajstić information content (AvgIpc) is 3.18. The fourth-order valence-electron chi connectivity index (χ4n) is 3.42. The van der Waals surface area contributed by atoms with Crippen molar-refractivity contribution < 1.29 is 9.15 Å². The van der Waals surface area contributed by atoms with Crippen molar-refractivity contribution in [2.45, 2.75) is 58.5 Å². The monoisotopic (exact) mass is 333 g/mol. The largest absolute Gasteiger partial charge is 0.481 e. The summed E-state index contributed by atoms with van der Waals surface area (Å²) in [6, 6.07) is 0.277. The van der Waals surface area contributed by atoms with E-state index in [1.54, 1.807) is 7.11 Å². The van der Waals surface area contributed by atoms with Crippen molar-refractivity contribution in [1.82, 2.24) is 24.9 Å². The number of ether oxygens (including phenoxy) is 1. The molecule has 24 heavy (non-hydrogen) atoms.